The Bertz CT molecular complexity index is 4410. The summed E-state index contributed by atoms with van der Waals surface area (Å²) < 4.78 is 0. The summed E-state index contributed by atoms with van der Waals surface area (Å²) in [6.45, 7) is 9.67. The number of hydrogen-bond donors (Lipinski definition) is 0. The second kappa shape index (κ2) is 14.9. The van der Waals surface area contributed by atoms with E-state index in [0.717, 1.165) is 0 Å². The van der Waals surface area contributed by atoms with Gasteiger partial charge in [0.25, 0.3) is 0 Å². The molecule has 0 amide bonds. The Balaban J connectivity index is 0.745. The molecule has 74 heavy (non-hydrogen) atoms. The lowest BCUT2D eigenvalue weighted by atomic mass is 9.79. The summed E-state index contributed by atoms with van der Waals surface area (Å²) in [5, 5.41) is 15.8. The van der Waals surface area contributed by atoms with E-state index in [1.54, 1.807) is 0 Å². The third-order valence-electron chi connectivity index (χ3n) is 17.8. The van der Waals surface area contributed by atoms with Crippen molar-refractivity contribution < 1.29 is 0 Å². The fraction of sp³-hybridized carbons (Fsp3) is 0.0811. The molecule has 0 saturated carbocycles. The van der Waals surface area contributed by atoms with Gasteiger partial charge < -0.3 is 0 Å². The lowest BCUT2D eigenvalue weighted by Gasteiger charge is -2.24. The van der Waals surface area contributed by atoms with Crippen molar-refractivity contribution in [2.24, 2.45) is 0 Å². The first kappa shape index (κ1) is 41.7. The zero-order valence-electron chi connectivity index (χ0n) is 41.9. The van der Waals surface area contributed by atoms with Crippen LogP contribution < -0.4 is 0 Å². The normalized spacial score (nSPS) is 14.2. The van der Waals surface area contributed by atoms with E-state index in [0.29, 0.717) is 0 Å². The number of fused-ring (bicyclic) bond motifs is 6. The van der Waals surface area contributed by atoms with E-state index in [9.17, 15) is 0 Å². The van der Waals surface area contributed by atoms with Crippen LogP contribution in [0.3, 0.4) is 0 Å². The minimum Gasteiger partial charge on any atom is -0.0616 e. The molecular weight excluding hydrogens is 889 g/mol. The molecule has 346 valence electrons. The first-order valence-corrected chi connectivity index (χ1v) is 26.3. The van der Waals surface area contributed by atoms with Crippen molar-refractivity contribution in [3.63, 3.8) is 0 Å². The molecule has 0 unspecified atom stereocenters. The van der Waals surface area contributed by atoms with Crippen LogP contribution in [-0.2, 0) is 10.8 Å². The third kappa shape index (κ3) is 5.69. The molecule has 14 aromatic rings. The van der Waals surface area contributed by atoms with Gasteiger partial charge in [-0.15, -0.1) is 0 Å². The molecular formula is C74H50. The maximum atomic E-state index is 2.49. The van der Waals surface area contributed by atoms with Crippen LogP contribution in [0.2, 0.25) is 0 Å². The largest absolute Gasteiger partial charge is 0.0616 e. The highest BCUT2D eigenvalue weighted by Crippen LogP contribution is 2.55. The zero-order chi connectivity index (χ0) is 49.2. The van der Waals surface area contributed by atoms with Crippen LogP contribution in [-0.4, -0.2) is 0 Å². The zero-order valence-corrected chi connectivity index (χ0v) is 41.9. The highest BCUT2D eigenvalue weighted by atomic mass is 14.4. The number of hydrogen-bond acceptors (Lipinski definition) is 0. The van der Waals surface area contributed by atoms with Crippen molar-refractivity contribution in [2.45, 2.75) is 38.5 Å². The topological polar surface area (TPSA) is 0 Å². The van der Waals surface area contributed by atoms with Crippen molar-refractivity contribution >= 4 is 64.6 Å². The first-order chi connectivity index (χ1) is 36.2. The maximum absolute atomic E-state index is 2.49. The molecule has 0 spiro atoms. The van der Waals surface area contributed by atoms with Crippen LogP contribution in [0.1, 0.15) is 49.9 Å². The second-order valence-electron chi connectivity index (χ2n) is 22.3. The van der Waals surface area contributed by atoms with Gasteiger partial charge in [0.05, 0.1) is 0 Å². The molecule has 0 heterocycles. The molecule has 0 bridgehead atoms. The SMILES string of the molecule is CC1(C)c2cc(-c3ccc4c(c3)C(C)(C)c3cc(-c5ccccc5-c5cc6cccc7ccc8cccc5c8c76)ccc3-4)ccc2-c2ccc(-c3ccccc3-c3cc4cccc5ccc6cccc3c6c54)cc21. The molecule has 0 N–H and O–H groups in total. The Morgan fingerprint density at radius 2 is 0.514 bits per heavy atom. The monoisotopic (exact) mass is 938 g/mol. The van der Waals surface area contributed by atoms with Crippen molar-refractivity contribution in [2.75, 3.05) is 0 Å². The third-order valence-corrected chi connectivity index (χ3v) is 17.8. The molecule has 0 aromatic heterocycles. The van der Waals surface area contributed by atoms with E-state index in [4.69, 9.17) is 0 Å². The van der Waals surface area contributed by atoms with E-state index < -0.39 is 0 Å². The first-order valence-electron chi connectivity index (χ1n) is 26.3. The highest BCUT2D eigenvalue weighted by Gasteiger charge is 2.38. The maximum Gasteiger partial charge on any atom is 0.0159 e. The van der Waals surface area contributed by atoms with Gasteiger partial charge in [0.1, 0.15) is 0 Å². The van der Waals surface area contributed by atoms with E-state index in [1.807, 2.05) is 0 Å². The van der Waals surface area contributed by atoms with Gasteiger partial charge in [-0.05, 0) is 201 Å². The second-order valence-corrected chi connectivity index (χ2v) is 22.3. The van der Waals surface area contributed by atoms with Crippen LogP contribution in [0.15, 0.2) is 231 Å². The van der Waals surface area contributed by atoms with E-state index >= 15 is 0 Å². The molecule has 16 rings (SSSR count). The minimum absolute atomic E-state index is 0.189. The Morgan fingerprint density at radius 3 is 0.905 bits per heavy atom. The van der Waals surface area contributed by atoms with Gasteiger partial charge >= 0.3 is 0 Å². The summed E-state index contributed by atoms with van der Waals surface area (Å²) >= 11 is 0. The average molecular weight is 939 g/mol. The fourth-order valence-corrected chi connectivity index (χ4v) is 14.1. The molecule has 0 heteroatoms. The van der Waals surface area contributed by atoms with Crippen molar-refractivity contribution in [3.05, 3.63) is 253 Å². The number of benzene rings is 14. The molecule has 0 saturated heterocycles. The minimum atomic E-state index is -0.189. The fourth-order valence-electron chi connectivity index (χ4n) is 14.1. The molecule has 0 aliphatic heterocycles. The van der Waals surface area contributed by atoms with Crippen molar-refractivity contribution in [1.29, 1.82) is 0 Å². The summed E-state index contributed by atoms with van der Waals surface area (Å²) in [4.78, 5) is 0. The van der Waals surface area contributed by atoms with E-state index in [-0.39, 0.29) is 10.8 Å². The predicted octanol–water partition coefficient (Wildman–Crippen LogP) is 20.4. The quantitative estimate of drug-likeness (QED) is 0.151. The number of rotatable bonds is 5. The van der Waals surface area contributed by atoms with Crippen LogP contribution in [0.25, 0.3) is 143 Å². The Hall–Kier alpha value is -8.84. The standard InChI is InChI=1S/C74H50/c1-73(2)65-39-47(29-33-57(65)59-35-31-49(41-67(59)73)53-19-5-7-21-55(53)63-37-51-17-9-13-43-25-27-45-15-11-23-61(63)71(45)69(43)51)48-30-34-58-60-36-32-50(42-68(60)74(3,4)66(58)40-48)54-20-6-8-22-56(54)64-38-52-18-10-14-44-26-28-46-16-12-24-62(64)72(46)70(44)52/h5-42H,1-4H3. The van der Waals surface area contributed by atoms with Gasteiger partial charge in [0.2, 0.25) is 0 Å². The Labute approximate surface area is 431 Å². The van der Waals surface area contributed by atoms with Crippen LogP contribution in [0, 0.1) is 0 Å². The molecule has 0 nitrogen and oxygen atoms in total. The summed E-state index contributed by atoms with van der Waals surface area (Å²) in [6.07, 6.45) is 0. The smallest absolute Gasteiger partial charge is 0.0159 e. The Kier molecular flexibility index (Phi) is 8.39. The molecule has 14 aromatic carbocycles. The molecule has 2 aliphatic rings. The summed E-state index contributed by atoms with van der Waals surface area (Å²) in [5.41, 5.74) is 23.2. The summed E-state index contributed by atoms with van der Waals surface area (Å²) in [7, 11) is 0. The van der Waals surface area contributed by atoms with E-state index in [1.165, 1.54) is 165 Å². The summed E-state index contributed by atoms with van der Waals surface area (Å²) in [5.74, 6) is 0. The van der Waals surface area contributed by atoms with Gasteiger partial charge in [0.15, 0.2) is 0 Å². The van der Waals surface area contributed by atoms with Gasteiger partial charge in [-0.3, -0.25) is 0 Å². The molecule has 0 radical (unpaired) electrons. The van der Waals surface area contributed by atoms with Crippen LogP contribution in [0.4, 0.5) is 0 Å². The van der Waals surface area contributed by atoms with E-state index in [2.05, 4.69) is 258 Å². The molecule has 0 atom stereocenters. The van der Waals surface area contributed by atoms with Gasteiger partial charge in [-0.25, -0.2) is 0 Å². The van der Waals surface area contributed by atoms with Crippen molar-refractivity contribution in [1.82, 2.24) is 0 Å². The van der Waals surface area contributed by atoms with Crippen molar-refractivity contribution in [3.8, 4) is 77.9 Å². The van der Waals surface area contributed by atoms with Gasteiger partial charge in [-0.2, -0.15) is 0 Å². The highest BCUT2D eigenvalue weighted by molar-refractivity contribution is 6.28. The molecule has 0 fully saturated rings. The lowest BCUT2D eigenvalue weighted by molar-refractivity contribution is 0.660. The van der Waals surface area contributed by atoms with Crippen LogP contribution in [0.5, 0.6) is 0 Å². The van der Waals surface area contributed by atoms with Gasteiger partial charge in [-0.1, -0.05) is 222 Å². The van der Waals surface area contributed by atoms with Gasteiger partial charge in [0, 0.05) is 10.8 Å². The average Bonchev–Trinajstić information content (AvgIpc) is 3.85. The molecule has 2 aliphatic carbocycles. The Morgan fingerprint density at radius 1 is 0.203 bits per heavy atom. The predicted molar refractivity (Wildman–Crippen MR) is 316 cm³/mol. The lowest BCUT2D eigenvalue weighted by Crippen LogP contribution is -2.15. The summed E-state index contributed by atoms with van der Waals surface area (Å²) in [6, 6.07) is 87.9. The van der Waals surface area contributed by atoms with Crippen LogP contribution >= 0.6 is 0 Å².